The summed E-state index contributed by atoms with van der Waals surface area (Å²) < 4.78 is 15.7. The third-order valence-corrected chi connectivity index (χ3v) is 5.72. The lowest BCUT2D eigenvalue weighted by molar-refractivity contribution is -0.127. The van der Waals surface area contributed by atoms with Gasteiger partial charge in [-0.1, -0.05) is 11.6 Å². The summed E-state index contributed by atoms with van der Waals surface area (Å²) in [4.78, 5) is 39.4. The molecule has 9 nitrogen and oxygen atoms in total. The molecule has 0 atom stereocenters. The van der Waals surface area contributed by atoms with Crippen molar-refractivity contribution in [3.63, 3.8) is 0 Å². The van der Waals surface area contributed by atoms with Crippen LogP contribution in [0.4, 0.5) is 0 Å². The molecule has 176 valence electrons. The van der Waals surface area contributed by atoms with Crippen LogP contribution in [0.25, 0.3) is 0 Å². The third-order valence-electron chi connectivity index (χ3n) is 5.47. The summed E-state index contributed by atoms with van der Waals surface area (Å²) in [5.74, 6) is -0.245. The van der Waals surface area contributed by atoms with Gasteiger partial charge >= 0.3 is 0 Å². The number of hydrazine groups is 1. The summed E-state index contributed by atoms with van der Waals surface area (Å²) in [5.41, 5.74) is 5.67. The molecule has 0 aliphatic carbocycles. The van der Waals surface area contributed by atoms with Gasteiger partial charge in [-0.05, 0) is 49.2 Å². The van der Waals surface area contributed by atoms with Crippen molar-refractivity contribution in [3.8, 4) is 17.2 Å². The van der Waals surface area contributed by atoms with E-state index in [2.05, 4.69) is 10.9 Å². The maximum absolute atomic E-state index is 12.6. The number of rotatable bonds is 6. The van der Waals surface area contributed by atoms with Crippen molar-refractivity contribution < 1.29 is 28.6 Å². The third kappa shape index (κ3) is 5.67. The molecule has 1 aliphatic rings. The fourth-order valence-electron chi connectivity index (χ4n) is 3.62. The van der Waals surface area contributed by atoms with E-state index in [0.717, 1.165) is 0 Å². The van der Waals surface area contributed by atoms with Gasteiger partial charge in [0.05, 0.1) is 21.3 Å². The van der Waals surface area contributed by atoms with Crippen LogP contribution in [-0.2, 0) is 4.79 Å². The minimum atomic E-state index is -0.530. The summed E-state index contributed by atoms with van der Waals surface area (Å²) in [5, 5.41) is 0.565. The molecule has 1 saturated heterocycles. The van der Waals surface area contributed by atoms with Crippen LogP contribution < -0.4 is 25.1 Å². The van der Waals surface area contributed by atoms with E-state index in [9.17, 15) is 14.4 Å². The molecule has 1 aliphatic heterocycles. The van der Waals surface area contributed by atoms with E-state index < -0.39 is 5.91 Å². The first-order valence-electron chi connectivity index (χ1n) is 10.3. The van der Waals surface area contributed by atoms with Gasteiger partial charge < -0.3 is 19.1 Å². The van der Waals surface area contributed by atoms with E-state index in [-0.39, 0.29) is 23.3 Å². The summed E-state index contributed by atoms with van der Waals surface area (Å²) in [6, 6.07) is 9.69. The smallest absolute Gasteiger partial charge is 0.269 e. The van der Waals surface area contributed by atoms with E-state index in [1.165, 1.54) is 33.5 Å². The summed E-state index contributed by atoms with van der Waals surface area (Å²) in [6.45, 7) is 0.890. The first-order valence-corrected chi connectivity index (χ1v) is 10.7. The quantitative estimate of drug-likeness (QED) is 0.622. The first kappa shape index (κ1) is 24.2. The highest BCUT2D eigenvalue weighted by molar-refractivity contribution is 6.30. The van der Waals surface area contributed by atoms with E-state index in [4.69, 9.17) is 25.8 Å². The molecule has 2 aromatic rings. The Hall–Kier alpha value is -3.46. The first-order chi connectivity index (χ1) is 15.9. The van der Waals surface area contributed by atoms with Gasteiger partial charge in [0, 0.05) is 35.2 Å². The molecule has 33 heavy (non-hydrogen) atoms. The fourth-order valence-corrected chi connectivity index (χ4v) is 3.75. The Morgan fingerprint density at radius 3 is 1.97 bits per heavy atom. The monoisotopic (exact) mass is 475 g/mol. The second-order valence-electron chi connectivity index (χ2n) is 7.43. The molecule has 0 radical (unpaired) electrons. The van der Waals surface area contributed by atoms with Crippen LogP contribution in [0.15, 0.2) is 36.4 Å². The lowest BCUT2D eigenvalue weighted by Gasteiger charge is -2.31. The zero-order valence-electron chi connectivity index (χ0n) is 18.6. The van der Waals surface area contributed by atoms with E-state index in [1.54, 1.807) is 29.2 Å². The molecule has 1 heterocycles. The van der Waals surface area contributed by atoms with Crippen molar-refractivity contribution in [2.45, 2.75) is 12.8 Å². The number of nitrogens with one attached hydrogen (secondary N) is 2. The van der Waals surface area contributed by atoms with Crippen LogP contribution in [0.1, 0.15) is 33.6 Å². The van der Waals surface area contributed by atoms with Crippen molar-refractivity contribution in [3.05, 3.63) is 52.5 Å². The van der Waals surface area contributed by atoms with Gasteiger partial charge in [0.1, 0.15) is 0 Å². The Balaban J connectivity index is 1.54. The highest BCUT2D eigenvalue weighted by atomic mass is 35.5. The van der Waals surface area contributed by atoms with Crippen molar-refractivity contribution in [2.24, 2.45) is 5.92 Å². The number of benzene rings is 2. The Labute approximate surface area is 196 Å². The molecule has 0 spiro atoms. The number of piperidine rings is 1. The van der Waals surface area contributed by atoms with Crippen LogP contribution >= 0.6 is 11.6 Å². The van der Waals surface area contributed by atoms with Crippen molar-refractivity contribution >= 4 is 29.3 Å². The molecule has 10 heteroatoms. The maximum atomic E-state index is 12.6. The van der Waals surface area contributed by atoms with E-state index >= 15 is 0 Å². The van der Waals surface area contributed by atoms with Crippen LogP contribution in [-0.4, -0.2) is 57.0 Å². The largest absolute Gasteiger partial charge is 0.493 e. The van der Waals surface area contributed by atoms with Crippen LogP contribution in [0.2, 0.25) is 5.02 Å². The molecule has 1 fully saturated rings. The number of hydrogen-bond donors (Lipinski definition) is 2. The molecule has 2 aromatic carbocycles. The Bertz CT molecular complexity index is 994. The fraction of sp³-hybridized carbons (Fsp3) is 0.348. The highest BCUT2D eigenvalue weighted by Gasteiger charge is 2.28. The number of carbonyl (C=O) groups excluding carboxylic acids is 3. The minimum absolute atomic E-state index is 0.0961. The topological polar surface area (TPSA) is 106 Å². The number of methoxy groups -OCH3 is 3. The highest BCUT2D eigenvalue weighted by Crippen LogP contribution is 2.38. The molecule has 0 unspecified atom stereocenters. The predicted molar refractivity (Wildman–Crippen MR) is 122 cm³/mol. The van der Waals surface area contributed by atoms with E-state index in [1.807, 2.05) is 0 Å². The number of amides is 3. The van der Waals surface area contributed by atoms with Gasteiger partial charge in [-0.15, -0.1) is 0 Å². The van der Waals surface area contributed by atoms with Gasteiger partial charge in [0.25, 0.3) is 11.8 Å². The molecule has 0 saturated carbocycles. The SMILES string of the molecule is COc1cc(C(=O)NNC(=O)C2CCN(C(=O)c3ccc(Cl)cc3)CC2)cc(OC)c1OC. The average Bonchev–Trinajstić information content (AvgIpc) is 2.86. The maximum Gasteiger partial charge on any atom is 0.269 e. The zero-order valence-corrected chi connectivity index (χ0v) is 19.4. The Morgan fingerprint density at radius 2 is 1.45 bits per heavy atom. The summed E-state index contributed by atoms with van der Waals surface area (Å²) in [7, 11) is 4.37. The normalized spacial score (nSPS) is 13.8. The molecule has 0 bridgehead atoms. The molecule has 0 aromatic heterocycles. The van der Waals surface area contributed by atoms with Crippen molar-refractivity contribution in [2.75, 3.05) is 34.4 Å². The number of halogens is 1. The lowest BCUT2D eigenvalue weighted by atomic mass is 9.95. The van der Waals surface area contributed by atoms with Gasteiger partial charge in [-0.3, -0.25) is 25.2 Å². The minimum Gasteiger partial charge on any atom is -0.493 e. The van der Waals surface area contributed by atoms with Gasteiger partial charge in [-0.25, -0.2) is 0 Å². The Morgan fingerprint density at radius 1 is 0.879 bits per heavy atom. The number of ether oxygens (including phenoxy) is 3. The summed E-state index contributed by atoms with van der Waals surface area (Å²) >= 11 is 5.87. The predicted octanol–water partition coefficient (Wildman–Crippen LogP) is 2.68. The Kier molecular flexibility index (Phi) is 8.00. The second kappa shape index (κ2) is 10.9. The molecule has 3 rings (SSSR count). The molecule has 3 amide bonds. The van der Waals surface area contributed by atoms with Crippen LogP contribution in [0, 0.1) is 5.92 Å². The van der Waals surface area contributed by atoms with Crippen molar-refractivity contribution in [1.29, 1.82) is 0 Å². The summed E-state index contributed by atoms with van der Waals surface area (Å²) in [6.07, 6.45) is 0.983. The number of carbonyl (C=O) groups is 3. The van der Waals surface area contributed by atoms with Crippen LogP contribution in [0.5, 0.6) is 17.2 Å². The lowest BCUT2D eigenvalue weighted by Crippen LogP contribution is -2.48. The second-order valence-corrected chi connectivity index (χ2v) is 7.87. The van der Waals surface area contributed by atoms with Gasteiger partial charge in [0.15, 0.2) is 11.5 Å². The van der Waals surface area contributed by atoms with Gasteiger partial charge in [-0.2, -0.15) is 0 Å². The van der Waals surface area contributed by atoms with Gasteiger partial charge in [0.2, 0.25) is 11.7 Å². The number of hydrogen-bond acceptors (Lipinski definition) is 6. The average molecular weight is 476 g/mol. The number of nitrogens with zero attached hydrogens (tertiary/aromatic N) is 1. The number of likely N-dealkylation sites (tertiary alicyclic amines) is 1. The molecular formula is C23H26ClN3O6. The molecular weight excluding hydrogens is 450 g/mol. The van der Waals surface area contributed by atoms with Crippen molar-refractivity contribution in [1.82, 2.24) is 15.8 Å². The van der Waals surface area contributed by atoms with Crippen LogP contribution in [0.3, 0.4) is 0 Å². The zero-order chi connectivity index (χ0) is 24.0. The standard InChI is InChI=1S/C23H26ClN3O6/c1-31-18-12-16(13-19(32-2)20(18)33-3)22(29)26-25-21(28)14-8-10-27(11-9-14)23(30)15-4-6-17(24)7-5-15/h4-7,12-14H,8-11H2,1-3H3,(H,25,28)(H,26,29). The van der Waals surface area contributed by atoms with E-state index in [0.29, 0.717) is 53.8 Å². The molecule has 2 N–H and O–H groups in total.